The van der Waals surface area contributed by atoms with Crippen molar-refractivity contribution in [2.75, 3.05) is 11.1 Å². The zero-order valence-electron chi connectivity index (χ0n) is 14.2. The second-order valence-electron chi connectivity index (χ2n) is 5.91. The zero-order chi connectivity index (χ0) is 19.2. The Morgan fingerprint density at radius 3 is 2.59 bits per heavy atom. The van der Waals surface area contributed by atoms with Crippen molar-refractivity contribution in [3.63, 3.8) is 0 Å². The van der Waals surface area contributed by atoms with Crippen molar-refractivity contribution in [3.8, 4) is 6.07 Å². The van der Waals surface area contributed by atoms with Gasteiger partial charge >= 0.3 is 0 Å². The summed E-state index contributed by atoms with van der Waals surface area (Å²) >= 11 is 4.51. The third-order valence-electron chi connectivity index (χ3n) is 4.03. The van der Waals surface area contributed by atoms with E-state index in [1.807, 2.05) is 42.5 Å². The van der Waals surface area contributed by atoms with E-state index in [-0.39, 0.29) is 29.9 Å². The van der Waals surface area contributed by atoms with Gasteiger partial charge in [0.1, 0.15) is 0 Å². The molecule has 1 aliphatic heterocycles. The van der Waals surface area contributed by atoms with Gasteiger partial charge in [-0.25, -0.2) is 0 Å². The Bertz CT molecular complexity index is 920. The van der Waals surface area contributed by atoms with Gasteiger partial charge in [-0.05, 0) is 29.8 Å². The van der Waals surface area contributed by atoms with Crippen LogP contribution in [0.1, 0.15) is 17.9 Å². The number of nitrogens with zero attached hydrogens (tertiary/aromatic N) is 1. The number of halogens is 1. The van der Waals surface area contributed by atoms with E-state index in [0.717, 1.165) is 10.0 Å². The molecule has 7 heteroatoms. The number of benzene rings is 2. The molecule has 1 heterocycles. The molecule has 2 aromatic rings. The Morgan fingerprint density at radius 1 is 1.22 bits per heavy atom. The van der Waals surface area contributed by atoms with Gasteiger partial charge in [0.05, 0.1) is 22.4 Å². The molecule has 2 N–H and O–H groups in total. The first kappa shape index (κ1) is 19.2. The van der Waals surface area contributed by atoms with Crippen LogP contribution in [-0.2, 0) is 9.59 Å². The van der Waals surface area contributed by atoms with Gasteiger partial charge in [0.15, 0.2) is 0 Å². The second-order valence-corrected chi connectivity index (χ2v) is 7.82. The fourth-order valence-corrected chi connectivity index (χ4v) is 3.91. The number of hydrogen-bond donors (Lipinski definition) is 2. The molecule has 2 amide bonds. The summed E-state index contributed by atoms with van der Waals surface area (Å²) < 4.78 is 0.926. The van der Waals surface area contributed by atoms with Crippen molar-refractivity contribution >= 4 is 45.2 Å². The molecular weight excluding hydrogens is 426 g/mol. The maximum atomic E-state index is 12.2. The number of thioether (sulfide) groups is 1. The van der Waals surface area contributed by atoms with Gasteiger partial charge in [-0.2, -0.15) is 5.26 Å². The van der Waals surface area contributed by atoms with Crippen molar-refractivity contribution in [1.82, 2.24) is 5.32 Å². The van der Waals surface area contributed by atoms with Gasteiger partial charge in [-0.15, -0.1) is 0 Å². The van der Waals surface area contributed by atoms with E-state index >= 15 is 0 Å². The number of carbonyl (C=O) groups is 2. The largest absolute Gasteiger partial charge is 0.325 e. The number of amides is 2. The summed E-state index contributed by atoms with van der Waals surface area (Å²) in [7, 11) is 0. The Balaban J connectivity index is 1.72. The van der Waals surface area contributed by atoms with E-state index in [1.165, 1.54) is 11.8 Å². The molecule has 136 valence electrons. The van der Waals surface area contributed by atoms with E-state index in [4.69, 9.17) is 0 Å². The molecule has 0 spiro atoms. The Morgan fingerprint density at radius 2 is 1.93 bits per heavy atom. The SMILES string of the molecule is N#CC1=C(SCC(=O)Nc2ccc(Br)cc2)NC(=O)C[C@H]1c1ccccc1. The summed E-state index contributed by atoms with van der Waals surface area (Å²) in [5.41, 5.74) is 2.09. The monoisotopic (exact) mass is 441 g/mol. The maximum absolute atomic E-state index is 12.2. The first-order valence-corrected chi connectivity index (χ1v) is 10.0. The van der Waals surface area contributed by atoms with Crippen LogP contribution in [0.5, 0.6) is 0 Å². The fraction of sp³-hybridized carbons (Fsp3) is 0.150. The van der Waals surface area contributed by atoms with Crippen LogP contribution in [0.25, 0.3) is 0 Å². The highest BCUT2D eigenvalue weighted by atomic mass is 79.9. The first-order valence-electron chi connectivity index (χ1n) is 8.24. The standard InChI is InChI=1S/C20H16BrN3O2S/c21-14-6-8-15(9-7-14)23-19(26)12-27-20-17(11-22)16(10-18(25)24-20)13-4-2-1-3-5-13/h1-9,16H,10,12H2,(H,23,26)(H,24,25)/t16-/m0/s1. The lowest BCUT2D eigenvalue weighted by molar-refractivity contribution is -0.121. The van der Waals surface area contributed by atoms with Crippen LogP contribution in [-0.4, -0.2) is 17.6 Å². The van der Waals surface area contributed by atoms with Crippen LogP contribution < -0.4 is 10.6 Å². The van der Waals surface area contributed by atoms with Crippen molar-refractivity contribution in [1.29, 1.82) is 5.26 Å². The molecule has 0 fully saturated rings. The molecule has 5 nitrogen and oxygen atoms in total. The van der Waals surface area contributed by atoms with Gasteiger partial charge < -0.3 is 10.6 Å². The fourth-order valence-electron chi connectivity index (χ4n) is 2.77. The lowest BCUT2D eigenvalue weighted by Crippen LogP contribution is -2.31. The van der Waals surface area contributed by atoms with E-state index in [2.05, 4.69) is 32.6 Å². The number of nitrogens with one attached hydrogen (secondary N) is 2. The van der Waals surface area contributed by atoms with Crippen molar-refractivity contribution in [2.45, 2.75) is 12.3 Å². The predicted molar refractivity (Wildman–Crippen MR) is 110 cm³/mol. The average molecular weight is 442 g/mol. The van der Waals surface area contributed by atoms with Crippen molar-refractivity contribution in [3.05, 3.63) is 75.2 Å². The molecule has 0 saturated heterocycles. The molecule has 0 aliphatic carbocycles. The molecule has 0 bridgehead atoms. The van der Waals surface area contributed by atoms with E-state index < -0.39 is 0 Å². The highest BCUT2D eigenvalue weighted by Gasteiger charge is 2.29. The second kappa shape index (κ2) is 8.89. The minimum absolute atomic E-state index is 0.0956. The number of allylic oxidation sites excluding steroid dienone is 1. The Kier molecular flexibility index (Phi) is 6.32. The number of anilines is 1. The van der Waals surface area contributed by atoms with Crippen molar-refractivity contribution < 1.29 is 9.59 Å². The molecule has 2 aromatic carbocycles. The van der Waals surface area contributed by atoms with Crippen LogP contribution in [0.15, 0.2) is 69.7 Å². The van der Waals surface area contributed by atoms with Crippen molar-refractivity contribution in [2.24, 2.45) is 0 Å². The number of nitriles is 1. The summed E-state index contributed by atoms with van der Waals surface area (Å²) in [5.74, 6) is -0.554. The van der Waals surface area contributed by atoms with Crippen LogP contribution in [0.4, 0.5) is 5.69 Å². The summed E-state index contributed by atoms with van der Waals surface area (Å²) in [4.78, 5) is 24.3. The molecule has 0 aromatic heterocycles. The highest BCUT2D eigenvalue weighted by Crippen LogP contribution is 2.35. The highest BCUT2D eigenvalue weighted by molar-refractivity contribution is 9.10. The Labute approximate surface area is 170 Å². The topological polar surface area (TPSA) is 82.0 Å². The molecular formula is C20H16BrN3O2S. The summed E-state index contributed by atoms with van der Waals surface area (Å²) in [6, 6.07) is 18.9. The minimum Gasteiger partial charge on any atom is -0.325 e. The van der Waals surface area contributed by atoms with Gasteiger partial charge in [0, 0.05) is 22.5 Å². The third kappa shape index (κ3) is 5.00. The summed E-state index contributed by atoms with van der Waals surface area (Å²) in [5, 5.41) is 15.6. The van der Waals surface area contributed by atoms with Crippen LogP contribution in [0.2, 0.25) is 0 Å². The zero-order valence-corrected chi connectivity index (χ0v) is 16.6. The number of carbonyl (C=O) groups excluding carboxylic acids is 2. The van der Waals surface area contributed by atoms with E-state index in [0.29, 0.717) is 16.3 Å². The van der Waals surface area contributed by atoms with Crippen LogP contribution in [0.3, 0.4) is 0 Å². The van der Waals surface area contributed by atoms with Crippen LogP contribution >= 0.6 is 27.7 Å². The Hall–Kier alpha value is -2.56. The smallest absolute Gasteiger partial charge is 0.234 e. The number of rotatable bonds is 5. The average Bonchev–Trinajstić information content (AvgIpc) is 2.68. The molecule has 1 aliphatic rings. The maximum Gasteiger partial charge on any atom is 0.234 e. The van der Waals surface area contributed by atoms with E-state index in [9.17, 15) is 14.9 Å². The van der Waals surface area contributed by atoms with Gasteiger partial charge in [0.2, 0.25) is 11.8 Å². The lowest BCUT2D eigenvalue weighted by atomic mass is 9.87. The molecule has 0 unspecified atom stereocenters. The molecule has 3 rings (SSSR count). The van der Waals surface area contributed by atoms with Gasteiger partial charge in [-0.1, -0.05) is 58.0 Å². The van der Waals surface area contributed by atoms with Gasteiger partial charge in [0.25, 0.3) is 0 Å². The lowest BCUT2D eigenvalue weighted by Gasteiger charge is -2.25. The summed E-state index contributed by atoms with van der Waals surface area (Å²) in [6.07, 6.45) is 0.224. The minimum atomic E-state index is -0.290. The quantitative estimate of drug-likeness (QED) is 0.729. The molecule has 0 radical (unpaired) electrons. The van der Waals surface area contributed by atoms with Crippen LogP contribution in [0, 0.1) is 11.3 Å². The molecule has 0 saturated carbocycles. The summed E-state index contributed by atoms with van der Waals surface area (Å²) in [6.45, 7) is 0. The predicted octanol–water partition coefficient (Wildman–Crippen LogP) is 4.16. The number of hydrogen-bond acceptors (Lipinski definition) is 4. The molecule has 27 heavy (non-hydrogen) atoms. The normalized spacial score (nSPS) is 16.4. The van der Waals surface area contributed by atoms with E-state index in [1.54, 1.807) is 12.1 Å². The van der Waals surface area contributed by atoms with Gasteiger partial charge in [-0.3, -0.25) is 9.59 Å². The third-order valence-corrected chi connectivity index (χ3v) is 5.58. The molecule has 1 atom stereocenters. The first-order chi connectivity index (χ1) is 13.1.